The van der Waals surface area contributed by atoms with Crippen LogP contribution in [-0.2, 0) is 4.79 Å². The Morgan fingerprint density at radius 1 is 1.00 bits per heavy atom. The van der Waals surface area contributed by atoms with Gasteiger partial charge in [0.1, 0.15) is 5.82 Å². The van der Waals surface area contributed by atoms with Gasteiger partial charge in [-0.05, 0) is 20.4 Å². The second-order valence-corrected chi connectivity index (χ2v) is 7.43. The van der Waals surface area contributed by atoms with Crippen LogP contribution in [-0.4, -0.2) is 85.1 Å². The summed E-state index contributed by atoms with van der Waals surface area (Å²) in [5.74, 6) is 2.12. The second kappa shape index (κ2) is 8.66. The van der Waals surface area contributed by atoms with Crippen molar-refractivity contribution in [1.82, 2.24) is 19.8 Å². The number of aromatic nitrogens is 2. The highest BCUT2D eigenvalue weighted by Crippen LogP contribution is 2.20. The Balaban J connectivity index is 1.62. The summed E-state index contributed by atoms with van der Waals surface area (Å²) in [4.78, 5) is 30.6. The summed E-state index contributed by atoms with van der Waals surface area (Å²) in [5, 5.41) is 0. The van der Waals surface area contributed by atoms with Crippen LogP contribution in [0.4, 0.5) is 11.8 Å². The molecule has 0 atom stereocenters. The molecule has 3 rings (SSSR count). The molecule has 0 aliphatic carbocycles. The predicted molar refractivity (Wildman–Crippen MR) is 105 cm³/mol. The summed E-state index contributed by atoms with van der Waals surface area (Å²) in [6, 6.07) is 2.08. The van der Waals surface area contributed by atoms with E-state index in [1.807, 2.05) is 11.8 Å². The van der Waals surface area contributed by atoms with E-state index in [9.17, 15) is 4.79 Å². The molecule has 0 saturated carbocycles. The van der Waals surface area contributed by atoms with Crippen LogP contribution >= 0.6 is 0 Å². The largest absolute Gasteiger partial charge is 0.354 e. The van der Waals surface area contributed by atoms with Gasteiger partial charge in [0.2, 0.25) is 11.9 Å². The van der Waals surface area contributed by atoms with Crippen LogP contribution in [0, 0.1) is 6.92 Å². The molecule has 1 aromatic heterocycles. The molecule has 0 unspecified atom stereocenters. The summed E-state index contributed by atoms with van der Waals surface area (Å²) >= 11 is 0. The summed E-state index contributed by atoms with van der Waals surface area (Å²) in [6.07, 6.45) is 2.72. The predicted octanol–water partition coefficient (Wildman–Crippen LogP) is 1.38. The van der Waals surface area contributed by atoms with Gasteiger partial charge in [-0.1, -0.05) is 13.3 Å². The van der Waals surface area contributed by atoms with Crippen molar-refractivity contribution in [2.24, 2.45) is 0 Å². The minimum Gasteiger partial charge on any atom is -0.354 e. The summed E-state index contributed by atoms with van der Waals surface area (Å²) in [5.41, 5.74) is 1.00. The number of rotatable bonds is 5. The van der Waals surface area contributed by atoms with E-state index < -0.39 is 0 Å². The molecule has 1 aromatic rings. The first-order chi connectivity index (χ1) is 12.6. The zero-order valence-electron chi connectivity index (χ0n) is 16.4. The lowest BCUT2D eigenvalue weighted by atomic mass is 10.2. The number of likely N-dealkylation sites (N-methyl/N-ethyl adjacent to an activating group) is 1. The van der Waals surface area contributed by atoms with Crippen LogP contribution in [0.2, 0.25) is 0 Å². The van der Waals surface area contributed by atoms with Gasteiger partial charge >= 0.3 is 0 Å². The minimum absolute atomic E-state index is 0.287. The Bertz CT molecular complexity index is 606. The van der Waals surface area contributed by atoms with Gasteiger partial charge in [0, 0.05) is 70.5 Å². The maximum Gasteiger partial charge on any atom is 0.227 e. The monoisotopic (exact) mass is 360 g/mol. The van der Waals surface area contributed by atoms with Crippen LogP contribution in [0.5, 0.6) is 0 Å². The van der Waals surface area contributed by atoms with Crippen molar-refractivity contribution in [2.75, 3.05) is 69.2 Å². The molecular formula is C19H32N6O. The standard InChI is InChI=1S/C19H32N6O/c1-4-5-6-18(26)24-11-13-25(14-12-24)19-20-16(2)15-17(21-19)23-9-7-22(3)8-10-23/h15H,4-14H2,1-3H3. The number of aryl methyl sites for hydroxylation is 1. The highest BCUT2D eigenvalue weighted by atomic mass is 16.2. The summed E-state index contributed by atoms with van der Waals surface area (Å²) in [7, 11) is 2.16. The van der Waals surface area contributed by atoms with E-state index in [-0.39, 0.29) is 5.91 Å². The van der Waals surface area contributed by atoms with Crippen LogP contribution in [0.1, 0.15) is 31.9 Å². The van der Waals surface area contributed by atoms with Crippen molar-refractivity contribution in [3.8, 4) is 0 Å². The molecule has 2 aliphatic heterocycles. The lowest BCUT2D eigenvalue weighted by molar-refractivity contribution is -0.131. The van der Waals surface area contributed by atoms with E-state index in [0.717, 1.165) is 82.7 Å². The number of amides is 1. The van der Waals surface area contributed by atoms with Crippen molar-refractivity contribution in [3.63, 3.8) is 0 Å². The smallest absolute Gasteiger partial charge is 0.227 e. The fraction of sp³-hybridized carbons (Fsp3) is 0.737. The first-order valence-corrected chi connectivity index (χ1v) is 9.88. The third kappa shape index (κ3) is 4.63. The molecule has 2 aliphatic rings. The highest BCUT2D eigenvalue weighted by Gasteiger charge is 2.23. The highest BCUT2D eigenvalue weighted by molar-refractivity contribution is 5.76. The van der Waals surface area contributed by atoms with Crippen molar-refractivity contribution < 1.29 is 4.79 Å². The molecular weight excluding hydrogens is 328 g/mol. The number of carbonyl (C=O) groups excluding carboxylic acids is 1. The molecule has 3 heterocycles. The SMILES string of the molecule is CCCCC(=O)N1CCN(c2nc(C)cc(N3CCN(C)CC3)n2)CC1. The molecule has 0 spiro atoms. The van der Waals surface area contributed by atoms with Crippen LogP contribution in [0.25, 0.3) is 0 Å². The fourth-order valence-electron chi connectivity index (χ4n) is 3.52. The zero-order valence-corrected chi connectivity index (χ0v) is 16.4. The third-order valence-electron chi connectivity index (χ3n) is 5.32. The van der Waals surface area contributed by atoms with Gasteiger partial charge < -0.3 is 19.6 Å². The molecule has 1 amide bonds. The van der Waals surface area contributed by atoms with Gasteiger partial charge in [-0.2, -0.15) is 4.98 Å². The van der Waals surface area contributed by atoms with Gasteiger partial charge in [0.15, 0.2) is 0 Å². The maximum absolute atomic E-state index is 12.2. The Morgan fingerprint density at radius 2 is 1.65 bits per heavy atom. The lowest BCUT2D eigenvalue weighted by Crippen LogP contribution is -2.49. The number of hydrogen-bond acceptors (Lipinski definition) is 6. The van der Waals surface area contributed by atoms with Gasteiger partial charge in [0.05, 0.1) is 0 Å². The number of carbonyl (C=O) groups is 1. The number of piperazine rings is 2. The first kappa shape index (κ1) is 18.9. The van der Waals surface area contributed by atoms with Gasteiger partial charge in [-0.15, -0.1) is 0 Å². The fourth-order valence-corrected chi connectivity index (χ4v) is 3.52. The Morgan fingerprint density at radius 3 is 2.31 bits per heavy atom. The van der Waals surface area contributed by atoms with Crippen molar-refractivity contribution in [3.05, 3.63) is 11.8 Å². The average Bonchev–Trinajstić information content (AvgIpc) is 2.66. The van der Waals surface area contributed by atoms with Gasteiger partial charge in [0.25, 0.3) is 0 Å². The third-order valence-corrected chi connectivity index (χ3v) is 5.32. The summed E-state index contributed by atoms with van der Waals surface area (Å²) < 4.78 is 0. The molecule has 144 valence electrons. The number of unbranched alkanes of at least 4 members (excludes halogenated alkanes) is 1. The van der Waals surface area contributed by atoms with Crippen LogP contribution in [0.3, 0.4) is 0 Å². The zero-order chi connectivity index (χ0) is 18.5. The van der Waals surface area contributed by atoms with E-state index in [2.05, 4.69) is 39.7 Å². The topological polar surface area (TPSA) is 55.8 Å². The molecule has 26 heavy (non-hydrogen) atoms. The van der Waals surface area contributed by atoms with Gasteiger partial charge in [-0.3, -0.25) is 4.79 Å². The maximum atomic E-state index is 12.2. The Labute approximate surface area is 157 Å². The molecule has 2 fully saturated rings. The first-order valence-electron chi connectivity index (χ1n) is 9.88. The quantitative estimate of drug-likeness (QED) is 0.791. The van der Waals surface area contributed by atoms with Crippen molar-refractivity contribution in [1.29, 1.82) is 0 Å². The van der Waals surface area contributed by atoms with Crippen LogP contribution in [0.15, 0.2) is 6.07 Å². The molecule has 2 saturated heterocycles. The average molecular weight is 361 g/mol. The molecule has 7 nitrogen and oxygen atoms in total. The second-order valence-electron chi connectivity index (χ2n) is 7.43. The van der Waals surface area contributed by atoms with Gasteiger partial charge in [-0.25, -0.2) is 4.98 Å². The molecule has 0 N–H and O–H groups in total. The molecule has 0 bridgehead atoms. The molecule has 7 heteroatoms. The van der Waals surface area contributed by atoms with E-state index in [4.69, 9.17) is 4.98 Å². The van der Waals surface area contributed by atoms with Crippen molar-refractivity contribution in [2.45, 2.75) is 33.1 Å². The van der Waals surface area contributed by atoms with Crippen LogP contribution < -0.4 is 9.80 Å². The number of nitrogens with zero attached hydrogens (tertiary/aromatic N) is 6. The molecule has 0 aromatic carbocycles. The van der Waals surface area contributed by atoms with E-state index in [1.54, 1.807) is 0 Å². The Hall–Kier alpha value is -1.89. The number of hydrogen-bond donors (Lipinski definition) is 0. The van der Waals surface area contributed by atoms with E-state index >= 15 is 0 Å². The number of anilines is 2. The van der Waals surface area contributed by atoms with Crippen molar-refractivity contribution >= 4 is 17.7 Å². The lowest BCUT2D eigenvalue weighted by Gasteiger charge is -2.36. The normalized spacial score (nSPS) is 19.1. The molecule has 0 radical (unpaired) electrons. The van der Waals surface area contributed by atoms with E-state index in [1.165, 1.54) is 0 Å². The van der Waals surface area contributed by atoms with E-state index in [0.29, 0.717) is 6.42 Å². The summed E-state index contributed by atoms with van der Waals surface area (Å²) in [6.45, 7) is 11.5. The Kier molecular flexibility index (Phi) is 6.29. The minimum atomic E-state index is 0.287.